The zero-order valence-electron chi connectivity index (χ0n) is 21.9. The van der Waals surface area contributed by atoms with Crippen molar-refractivity contribution in [3.05, 3.63) is 45.2 Å². The van der Waals surface area contributed by atoms with Crippen LogP contribution in [0.2, 0.25) is 0 Å². The van der Waals surface area contributed by atoms with E-state index in [0.717, 1.165) is 49.3 Å². The summed E-state index contributed by atoms with van der Waals surface area (Å²) in [6.07, 6.45) is 6.53. The molecule has 0 saturated carbocycles. The number of hydrogen-bond acceptors (Lipinski definition) is 4. The summed E-state index contributed by atoms with van der Waals surface area (Å²) in [4.78, 5) is 5.68. The van der Waals surface area contributed by atoms with E-state index in [1.54, 1.807) is 11.8 Å². The summed E-state index contributed by atoms with van der Waals surface area (Å²) in [6, 6.07) is 0. The second kappa shape index (κ2) is 6.83. The number of nitrogens with one attached hydrogen (secondary N) is 1. The number of hydrogen-bond donors (Lipinski definition) is 1. The van der Waals surface area contributed by atoms with Crippen LogP contribution in [0.5, 0.6) is 0 Å². The summed E-state index contributed by atoms with van der Waals surface area (Å²) in [6.45, 7) is 4.50. The van der Waals surface area contributed by atoms with Gasteiger partial charge in [0.15, 0.2) is 6.23 Å². The molecule has 0 aromatic heterocycles. The van der Waals surface area contributed by atoms with Crippen molar-refractivity contribution < 1.29 is 11.6 Å². The van der Waals surface area contributed by atoms with Crippen LogP contribution in [0, 0.1) is 11.3 Å². The predicted octanol–water partition coefficient (Wildman–Crippen LogP) is 5.87. The Kier molecular flexibility index (Phi) is 3.35. The average Bonchev–Trinajstić information content (AvgIpc) is 3.32. The highest BCUT2D eigenvalue weighted by molar-refractivity contribution is 8.04. The maximum atomic E-state index is 8.71. The van der Waals surface area contributed by atoms with E-state index in [9.17, 15) is 0 Å². The van der Waals surface area contributed by atoms with Gasteiger partial charge in [-0.3, -0.25) is 4.99 Å². The van der Waals surface area contributed by atoms with Gasteiger partial charge in [0.25, 0.3) is 0 Å². The van der Waals surface area contributed by atoms with Crippen molar-refractivity contribution >= 4 is 17.5 Å². The fourth-order valence-electron chi connectivity index (χ4n) is 4.79. The normalized spacial score (nSPS) is 35.6. The lowest BCUT2D eigenvalue weighted by Crippen LogP contribution is -2.23. The SMILES string of the molecule is [2H]C([2H])([2H])C1=NC2OC3=C(C4=CC5=C(CN4)C[C@H](C([2H])([2H])C(C)(C)C)S5)CCC=C3C2CC1. The lowest BCUT2D eigenvalue weighted by Gasteiger charge is -2.23. The summed E-state index contributed by atoms with van der Waals surface area (Å²) >= 11 is 1.67. The van der Waals surface area contributed by atoms with Crippen molar-refractivity contribution in [2.45, 2.75) is 77.6 Å². The molecule has 3 nitrogen and oxygen atoms in total. The van der Waals surface area contributed by atoms with Gasteiger partial charge in [0.05, 0.1) is 0 Å². The van der Waals surface area contributed by atoms with Gasteiger partial charge in [0.1, 0.15) is 5.76 Å². The Balaban J connectivity index is 1.42. The van der Waals surface area contributed by atoms with Gasteiger partial charge >= 0.3 is 0 Å². The summed E-state index contributed by atoms with van der Waals surface area (Å²) in [7, 11) is 0. The molecule has 3 atom stereocenters. The lowest BCUT2D eigenvalue weighted by molar-refractivity contribution is 0.130. The second-order valence-electron chi connectivity index (χ2n) is 9.32. The molecular weight excluding hydrogens is 364 g/mol. The number of rotatable bonds is 2. The highest BCUT2D eigenvalue weighted by Crippen LogP contribution is 2.49. The molecule has 4 heterocycles. The Morgan fingerprint density at radius 3 is 3.11 bits per heavy atom. The topological polar surface area (TPSA) is 33.6 Å². The number of fused-ring (bicyclic) bond motifs is 3. The van der Waals surface area contributed by atoms with Crippen molar-refractivity contribution in [2.24, 2.45) is 16.3 Å². The number of aliphatic imine (C=N–C) groups is 1. The van der Waals surface area contributed by atoms with Crippen LogP contribution in [0.25, 0.3) is 0 Å². The predicted molar refractivity (Wildman–Crippen MR) is 118 cm³/mol. The number of dihydropyridines is 1. The van der Waals surface area contributed by atoms with Crippen LogP contribution >= 0.6 is 11.8 Å². The summed E-state index contributed by atoms with van der Waals surface area (Å²) in [5.41, 5.74) is 4.51. The van der Waals surface area contributed by atoms with Gasteiger partial charge in [0.2, 0.25) is 0 Å². The molecule has 0 aromatic rings. The Morgan fingerprint density at radius 1 is 1.39 bits per heavy atom. The van der Waals surface area contributed by atoms with E-state index in [2.05, 4.69) is 22.5 Å². The summed E-state index contributed by atoms with van der Waals surface area (Å²) in [5.74, 6) is 1.00. The molecule has 0 amide bonds. The van der Waals surface area contributed by atoms with Crippen LogP contribution in [0.15, 0.2) is 50.2 Å². The van der Waals surface area contributed by atoms with Crippen molar-refractivity contribution in [2.75, 3.05) is 6.54 Å². The van der Waals surface area contributed by atoms with E-state index in [1.807, 2.05) is 20.8 Å². The van der Waals surface area contributed by atoms with E-state index >= 15 is 0 Å². The minimum absolute atomic E-state index is 0.0855. The molecule has 0 spiro atoms. The van der Waals surface area contributed by atoms with Gasteiger partial charge in [-0.1, -0.05) is 26.8 Å². The Bertz CT molecular complexity index is 1030. The van der Waals surface area contributed by atoms with Crippen molar-refractivity contribution in [1.29, 1.82) is 0 Å². The zero-order valence-corrected chi connectivity index (χ0v) is 17.7. The molecule has 1 N–H and O–H groups in total. The smallest absolute Gasteiger partial charge is 0.196 e. The number of allylic oxidation sites excluding steroid dienone is 4. The van der Waals surface area contributed by atoms with Crippen LogP contribution in [-0.2, 0) is 4.74 Å². The van der Waals surface area contributed by atoms with E-state index in [-0.39, 0.29) is 16.9 Å². The molecule has 4 aliphatic heterocycles. The first-order chi connectivity index (χ1) is 15.4. The molecule has 0 bridgehead atoms. The van der Waals surface area contributed by atoms with Gasteiger partial charge < -0.3 is 10.1 Å². The first kappa shape index (κ1) is 13.7. The van der Waals surface area contributed by atoms with Crippen LogP contribution in [0.1, 0.15) is 73.0 Å². The Hall–Kier alpha value is -1.42. The number of ether oxygens (including phenoxy) is 1. The molecule has 1 saturated heterocycles. The third kappa shape index (κ3) is 3.38. The van der Waals surface area contributed by atoms with E-state index in [0.29, 0.717) is 6.42 Å². The molecule has 2 unspecified atom stereocenters. The van der Waals surface area contributed by atoms with Gasteiger partial charge in [-0.2, -0.15) is 0 Å². The van der Waals surface area contributed by atoms with Crippen LogP contribution in [-0.4, -0.2) is 23.7 Å². The third-order valence-corrected chi connectivity index (χ3v) is 7.22. The zero-order chi connectivity index (χ0) is 23.8. The largest absolute Gasteiger partial charge is 0.467 e. The second-order valence-corrected chi connectivity index (χ2v) is 10.6. The minimum atomic E-state index is -2.15. The maximum Gasteiger partial charge on any atom is 0.196 e. The third-order valence-electron chi connectivity index (χ3n) is 5.99. The van der Waals surface area contributed by atoms with Crippen molar-refractivity contribution in [1.82, 2.24) is 5.32 Å². The molecule has 1 fully saturated rings. The van der Waals surface area contributed by atoms with Gasteiger partial charge in [-0.15, -0.1) is 11.8 Å². The monoisotopic (exact) mass is 401 g/mol. The molecule has 1 aliphatic carbocycles. The van der Waals surface area contributed by atoms with Gasteiger partial charge in [-0.05, 0) is 68.0 Å². The minimum Gasteiger partial charge on any atom is -0.467 e. The molecule has 0 radical (unpaired) electrons. The van der Waals surface area contributed by atoms with E-state index in [4.69, 9.17) is 11.6 Å². The Labute approximate surface area is 180 Å². The van der Waals surface area contributed by atoms with Crippen molar-refractivity contribution in [3.8, 4) is 0 Å². The van der Waals surface area contributed by atoms with E-state index in [1.165, 1.54) is 16.1 Å². The lowest BCUT2D eigenvalue weighted by atomic mass is 9.84. The average molecular weight is 402 g/mol. The number of nitrogens with zero attached hydrogens (tertiary/aromatic N) is 1. The van der Waals surface area contributed by atoms with Crippen LogP contribution < -0.4 is 5.32 Å². The van der Waals surface area contributed by atoms with E-state index < -0.39 is 24.9 Å². The first-order valence-corrected chi connectivity index (χ1v) is 11.3. The summed E-state index contributed by atoms with van der Waals surface area (Å²) < 4.78 is 46.9. The summed E-state index contributed by atoms with van der Waals surface area (Å²) in [5, 5.41) is 3.49. The fourth-order valence-corrected chi connectivity index (χ4v) is 6.30. The van der Waals surface area contributed by atoms with Gasteiger partial charge in [0, 0.05) is 46.5 Å². The first-order valence-electron chi connectivity index (χ1n) is 12.9. The molecule has 5 aliphatic rings. The Morgan fingerprint density at radius 2 is 2.29 bits per heavy atom. The van der Waals surface area contributed by atoms with Gasteiger partial charge in [-0.25, -0.2) is 0 Å². The highest BCUT2D eigenvalue weighted by atomic mass is 32.2. The molecule has 28 heavy (non-hydrogen) atoms. The van der Waals surface area contributed by atoms with Crippen LogP contribution in [0.3, 0.4) is 0 Å². The highest BCUT2D eigenvalue weighted by Gasteiger charge is 2.42. The molecule has 5 rings (SSSR count). The molecule has 4 heteroatoms. The molecule has 150 valence electrons. The fraction of sp³-hybridized carbons (Fsp3) is 0.625. The quantitative estimate of drug-likeness (QED) is 0.628. The van der Waals surface area contributed by atoms with Crippen molar-refractivity contribution in [3.63, 3.8) is 0 Å². The molecule has 0 aromatic carbocycles. The maximum absolute atomic E-state index is 8.71. The number of thioether (sulfide) groups is 1. The molecular formula is C24H32N2OS. The van der Waals surface area contributed by atoms with Crippen LogP contribution in [0.4, 0.5) is 0 Å². The standard InChI is InChI=1S/C24H32N2OS/c1-14-8-9-18-17-6-5-7-19(22(17)27-23(18)26-14)20-11-21-15(13-25-20)10-16(28-21)12-24(2,3)4/h6,11,16,18,23,25H,5,7-10,12-13H2,1-4H3/t16-,18?,23?/m1/s1/i1D3,12D2.